The maximum atomic E-state index is 13.6. The zero-order chi connectivity index (χ0) is 21.8. The second-order valence-corrected chi connectivity index (χ2v) is 10.2. The van der Waals surface area contributed by atoms with Crippen LogP contribution in [0.2, 0.25) is 0 Å². The minimum absolute atomic E-state index is 0.0254. The fraction of sp³-hybridized carbons (Fsp3) is 0.824. The van der Waals surface area contributed by atoms with E-state index in [0.717, 1.165) is 6.42 Å². The molecule has 4 aliphatic rings. The number of nitrogens with two attached hydrogens (primary N) is 1. The van der Waals surface area contributed by atoms with Crippen LogP contribution in [0, 0.1) is 22.7 Å². The van der Waals surface area contributed by atoms with Crippen LogP contribution in [0.3, 0.4) is 0 Å². The third-order valence-corrected chi connectivity index (χ3v) is 7.42. The fourth-order valence-electron chi connectivity index (χ4n) is 5.78. The van der Waals surface area contributed by atoms with Gasteiger partial charge in [0.2, 0.25) is 5.91 Å². The van der Waals surface area contributed by atoms with Crippen LogP contribution in [0.4, 0.5) is 13.2 Å². The van der Waals surface area contributed by atoms with Gasteiger partial charge in [-0.1, -0.05) is 0 Å². The van der Waals surface area contributed by atoms with E-state index in [1.54, 1.807) is 0 Å². The number of rotatable bonds is 9. The largest absolute Gasteiger partial charge is 0.423 e. The molecule has 0 aliphatic heterocycles. The molecule has 4 fully saturated rings. The smallest absolute Gasteiger partial charge is 0.369 e. The molecule has 4 bridgehead atoms. The van der Waals surface area contributed by atoms with Crippen LogP contribution in [0.5, 0.6) is 0 Å². The van der Waals surface area contributed by atoms with E-state index >= 15 is 0 Å². The molecule has 1 amide bonds. The second-order valence-electron chi connectivity index (χ2n) is 8.68. The molecule has 12 heteroatoms. The van der Waals surface area contributed by atoms with Gasteiger partial charge in [-0.3, -0.25) is 18.9 Å². The van der Waals surface area contributed by atoms with E-state index in [4.69, 9.17) is 10.3 Å². The van der Waals surface area contributed by atoms with E-state index in [0.29, 0.717) is 25.7 Å². The molecule has 3 unspecified atom stereocenters. The Bertz CT molecular complexity index is 830. The summed E-state index contributed by atoms with van der Waals surface area (Å²) in [5.74, 6) is -1.77. The van der Waals surface area contributed by atoms with Gasteiger partial charge in [0.15, 0.2) is 5.78 Å². The fourth-order valence-corrected chi connectivity index (χ4v) is 6.08. The molecule has 0 heterocycles. The highest BCUT2D eigenvalue weighted by Gasteiger charge is 2.63. The number of carbonyl (C=O) groups excluding carboxylic acids is 3. The predicted octanol–water partition coefficient (Wildman–Crippen LogP) is 1.38. The number of halogens is 3. The van der Waals surface area contributed by atoms with Gasteiger partial charge in [-0.2, -0.15) is 17.2 Å². The Kier molecular flexibility index (Phi) is 5.36. The molecule has 0 aromatic carbocycles. The molecule has 0 aromatic rings. The Morgan fingerprint density at radius 1 is 1.10 bits per heavy atom. The summed E-state index contributed by atoms with van der Waals surface area (Å²) in [6.45, 7) is -1.12. The molecule has 8 nitrogen and oxygen atoms in total. The third-order valence-electron chi connectivity index (χ3n) is 6.55. The molecular weight excluding hydrogens is 419 g/mol. The first kappa shape index (κ1) is 22.2. The van der Waals surface area contributed by atoms with Gasteiger partial charge in [0.05, 0.1) is 6.42 Å². The van der Waals surface area contributed by atoms with E-state index in [2.05, 4.69) is 4.74 Å². The third kappa shape index (κ3) is 3.81. The molecule has 3 atom stereocenters. The topological polar surface area (TPSA) is 141 Å². The van der Waals surface area contributed by atoms with Gasteiger partial charge in [-0.05, 0) is 50.4 Å². The molecule has 0 saturated heterocycles. The normalized spacial score (nSPS) is 34.8. The molecule has 164 valence electrons. The van der Waals surface area contributed by atoms with Crippen molar-refractivity contribution in [2.24, 2.45) is 28.4 Å². The van der Waals surface area contributed by atoms with Crippen molar-refractivity contribution in [3.05, 3.63) is 0 Å². The van der Waals surface area contributed by atoms with Crippen LogP contribution in [0.25, 0.3) is 0 Å². The van der Waals surface area contributed by atoms with Crippen molar-refractivity contribution >= 4 is 27.6 Å². The number of Topliss-reactive ketones (excluding diaryl/α,β-unsaturated/α-hetero) is 2. The van der Waals surface area contributed by atoms with Gasteiger partial charge in [-0.15, -0.1) is 0 Å². The summed E-state index contributed by atoms with van der Waals surface area (Å²) < 4.78 is 73.9. The van der Waals surface area contributed by atoms with Gasteiger partial charge >= 0.3 is 15.4 Å². The van der Waals surface area contributed by atoms with Crippen molar-refractivity contribution in [2.75, 3.05) is 6.61 Å². The number of amides is 1. The Labute approximate surface area is 165 Å². The number of ether oxygens (including phenoxy) is 1. The lowest BCUT2D eigenvalue weighted by atomic mass is 9.42. The van der Waals surface area contributed by atoms with Gasteiger partial charge < -0.3 is 10.5 Å². The van der Waals surface area contributed by atoms with E-state index in [1.807, 2.05) is 0 Å². The van der Waals surface area contributed by atoms with Gasteiger partial charge in [0.1, 0.15) is 12.4 Å². The summed E-state index contributed by atoms with van der Waals surface area (Å²) in [7, 11) is -6.06. The average molecular weight is 441 g/mol. The molecule has 4 rings (SSSR count). The van der Waals surface area contributed by atoms with Crippen molar-refractivity contribution in [3.8, 4) is 0 Å². The summed E-state index contributed by atoms with van der Waals surface area (Å²) in [6, 6.07) is 0. The lowest BCUT2D eigenvalue weighted by molar-refractivity contribution is -0.182. The number of hydrogen-bond donors (Lipinski definition) is 2. The first-order chi connectivity index (χ1) is 13.2. The van der Waals surface area contributed by atoms with Crippen molar-refractivity contribution in [2.45, 2.75) is 56.6 Å². The summed E-state index contributed by atoms with van der Waals surface area (Å²) in [6.07, 6.45) is -1.46. The highest BCUT2D eigenvalue weighted by molar-refractivity contribution is 7.86. The maximum absolute atomic E-state index is 13.6. The SMILES string of the molecule is NC(=O)CC(=O)C12CC3CC(CC(C(=O)COC(F)C(F)(F)S(=O)(=O)O)(C3)C1)C2. The van der Waals surface area contributed by atoms with Gasteiger partial charge in [0, 0.05) is 10.8 Å². The highest BCUT2D eigenvalue weighted by Crippen LogP contribution is 2.66. The molecular formula is C17H22F3NO7S. The first-order valence-electron chi connectivity index (χ1n) is 9.16. The Morgan fingerprint density at radius 2 is 1.59 bits per heavy atom. The van der Waals surface area contributed by atoms with Crippen LogP contribution < -0.4 is 5.73 Å². The predicted molar refractivity (Wildman–Crippen MR) is 90.7 cm³/mol. The Morgan fingerprint density at radius 3 is 2.03 bits per heavy atom. The highest BCUT2D eigenvalue weighted by atomic mass is 32.2. The Balaban J connectivity index is 1.75. The van der Waals surface area contributed by atoms with Crippen molar-refractivity contribution in [1.29, 1.82) is 0 Å². The molecule has 0 spiro atoms. The number of ketones is 2. The minimum Gasteiger partial charge on any atom is -0.369 e. The summed E-state index contributed by atoms with van der Waals surface area (Å²) in [4.78, 5) is 36.7. The van der Waals surface area contributed by atoms with Crippen LogP contribution in [-0.2, 0) is 29.2 Å². The van der Waals surface area contributed by atoms with E-state index in [-0.39, 0.29) is 24.0 Å². The van der Waals surface area contributed by atoms with Crippen LogP contribution in [-0.4, -0.2) is 48.7 Å². The van der Waals surface area contributed by atoms with E-state index in [9.17, 15) is 36.0 Å². The van der Waals surface area contributed by atoms with E-state index in [1.165, 1.54) is 0 Å². The molecule has 4 aliphatic carbocycles. The van der Waals surface area contributed by atoms with Crippen molar-refractivity contribution < 1.29 is 45.3 Å². The molecule has 3 N–H and O–H groups in total. The maximum Gasteiger partial charge on any atom is 0.423 e. The van der Waals surface area contributed by atoms with Crippen molar-refractivity contribution in [3.63, 3.8) is 0 Å². The number of alkyl halides is 3. The first-order valence-corrected chi connectivity index (χ1v) is 10.6. The molecule has 0 aromatic heterocycles. The lowest BCUT2D eigenvalue weighted by Crippen LogP contribution is -2.58. The number of hydrogen-bond acceptors (Lipinski definition) is 6. The van der Waals surface area contributed by atoms with Gasteiger partial charge in [-0.25, -0.2) is 4.39 Å². The minimum atomic E-state index is -6.06. The number of carbonyl (C=O) groups is 3. The van der Waals surface area contributed by atoms with Crippen molar-refractivity contribution in [1.82, 2.24) is 0 Å². The quantitative estimate of drug-likeness (QED) is 0.407. The summed E-state index contributed by atoms with van der Waals surface area (Å²) in [5, 5.41) is -5.21. The van der Waals surface area contributed by atoms with Crippen LogP contribution in [0.1, 0.15) is 44.9 Å². The zero-order valence-corrected chi connectivity index (χ0v) is 16.2. The Hall–Kier alpha value is -1.53. The van der Waals surface area contributed by atoms with Gasteiger partial charge in [0.25, 0.3) is 6.36 Å². The van der Waals surface area contributed by atoms with E-state index < -0.39 is 57.3 Å². The molecule has 4 saturated carbocycles. The van der Waals surface area contributed by atoms with Crippen LogP contribution in [0.15, 0.2) is 0 Å². The van der Waals surface area contributed by atoms with Crippen LogP contribution >= 0.6 is 0 Å². The monoisotopic (exact) mass is 441 g/mol. The summed E-state index contributed by atoms with van der Waals surface area (Å²) >= 11 is 0. The second kappa shape index (κ2) is 7.02. The molecule has 29 heavy (non-hydrogen) atoms. The summed E-state index contributed by atoms with van der Waals surface area (Å²) in [5.41, 5.74) is 3.15. The average Bonchev–Trinajstić information content (AvgIpc) is 2.56. The lowest BCUT2D eigenvalue weighted by Gasteiger charge is -2.60. The standard InChI is InChI=1S/C17H22F3NO7S/c18-14(17(19,20)29(25,26)27)28-7-12(23)16-5-9-1-10(6-16)4-15(3-9,8-16)11(22)2-13(21)24/h9-10,14H,1-8H2,(H2,21,24)(H,25,26,27). The zero-order valence-electron chi connectivity index (χ0n) is 15.4. The molecule has 0 radical (unpaired) electrons. The number of primary amides is 1.